The van der Waals surface area contributed by atoms with Gasteiger partial charge in [0.05, 0.1) is 32.8 Å². The van der Waals surface area contributed by atoms with E-state index in [9.17, 15) is 13.2 Å². The molecule has 38 heavy (non-hydrogen) atoms. The molecule has 0 fully saturated rings. The van der Waals surface area contributed by atoms with Crippen LogP contribution in [0.4, 0.5) is 0 Å². The third kappa shape index (κ3) is 4.85. The van der Waals surface area contributed by atoms with E-state index in [-0.39, 0.29) is 28.7 Å². The molecule has 0 unspecified atom stereocenters. The number of hydrogen-bond donors (Lipinski definition) is 1. The second-order valence-electron chi connectivity index (χ2n) is 9.19. The van der Waals surface area contributed by atoms with Crippen molar-refractivity contribution in [2.45, 2.75) is 24.3 Å². The zero-order valence-corrected chi connectivity index (χ0v) is 22.3. The van der Waals surface area contributed by atoms with Crippen molar-refractivity contribution in [2.75, 3.05) is 5.75 Å². The molecule has 0 bridgehead atoms. The van der Waals surface area contributed by atoms with Crippen LogP contribution in [-0.2, 0) is 16.3 Å². The lowest BCUT2D eigenvalue weighted by Gasteiger charge is -2.24. The molecular weight excluding hydrogens is 518 g/mol. The highest BCUT2D eigenvalue weighted by Gasteiger charge is 2.26. The van der Waals surface area contributed by atoms with Crippen molar-refractivity contribution in [2.24, 2.45) is 0 Å². The van der Waals surface area contributed by atoms with Gasteiger partial charge in [-0.25, -0.2) is 13.2 Å². The van der Waals surface area contributed by atoms with E-state index in [4.69, 9.17) is 16.7 Å². The molecule has 5 nitrogen and oxygen atoms in total. The number of benzene rings is 4. The zero-order valence-electron chi connectivity index (χ0n) is 20.7. The third-order valence-electron chi connectivity index (χ3n) is 6.92. The Labute approximate surface area is 226 Å². The van der Waals surface area contributed by atoms with Crippen molar-refractivity contribution in [3.05, 3.63) is 136 Å². The number of rotatable bonds is 8. The number of carboxylic acid groups (broad SMARTS) is 1. The van der Waals surface area contributed by atoms with E-state index in [1.807, 2.05) is 61.5 Å². The number of nitrogens with zero attached hydrogens (tertiary/aromatic N) is 1. The van der Waals surface area contributed by atoms with Crippen LogP contribution in [0.25, 0.3) is 10.9 Å². The molecule has 7 heteroatoms. The first kappa shape index (κ1) is 25.8. The van der Waals surface area contributed by atoms with Gasteiger partial charge in [0.25, 0.3) is 0 Å². The quantitative estimate of drug-likeness (QED) is 0.229. The summed E-state index contributed by atoms with van der Waals surface area (Å²) < 4.78 is 28.6. The van der Waals surface area contributed by atoms with Gasteiger partial charge in [-0.2, -0.15) is 0 Å². The number of para-hydroxylation sites is 1. The lowest BCUT2D eigenvalue weighted by Crippen LogP contribution is -2.15. The van der Waals surface area contributed by atoms with Crippen LogP contribution in [0.3, 0.4) is 0 Å². The zero-order chi connectivity index (χ0) is 26.9. The summed E-state index contributed by atoms with van der Waals surface area (Å²) in [7, 11) is -3.65. The molecule has 0 radical (unpaired) electrons. The molecule has 1 aromatic heterocycles. The Morgan fingerprint density at radius 2 is 1.42 bits per heavy atom. The molecule has 0 aliphatic carbocycles. The fourth-order valence-electron chi connectivity index (χ4n) is 5.07. The monoisotopic (exact) mass is 543 g/mol. The van der Waals surface area contributed by atoms with Crippen molar-refractivity contribution in [1.82, 2.24) is 4.57 Å². The van der Waals surface area contributed by atoms with Gasteiger partial charge in [-0.05, 0) is 60.4 Å². The fourth-order valence-corrected chi connectivity index (χ4v) is 6.60. The van der Waals surface area contributed by atoms with Crippen LogP contribution in [0.15, 0.2) is 108 Å². The van der Waals surface area contributed by atoms with E-state index in [0.717, 1.165) is 33.3 Å². The maximum absolute atomic E-state index is 13.2. The predicted molar refractivity (Wildman–Crippen MR) is 151 cm³/mol. The van der Waals surface area contributed by atoms with E-state index in [0.29, 0.717) is 5.02 Å². The number of carboxylic acids is 1. The molecule has 1 heterocycles. The molecule has 1 N–H and O–H groups in total. The Hall–Kier alpha value is -3.87. The average Bonchev–Trinajstić information content (AvgIpc) is 3.21. The minimum Gasteiger partial charge on any atom is -0.478 e. The first-order valence-corrected chi connectivity index (χ1v) is 14.2. The summed E-state index contributed by atoms with van der Waals surface area (Å²) in [5.74, 6) is -1.21. The first-order valence-electron chi connectivity index (χ1n) is 12.2. The number of aromatic nitrogens is 1. The maximum Gasteiger partial charge on any atom is 0.335 e. The molecule has 0 aliphatic rings. The molecule has 0 saturated heterocycles. The number of fused-ring (bicyclic) bond motifs is 1. The Balaban J connectivity index is 1.61. The third-order valence-corrected chi connectivity index (χ3v) is 8.96. The molecule has 192 valence electrons. The Kier molecular flexibility index (Phi) is 7.11. The van der Waals surface area contributed by atoms with Crippen LogP contribution in [0, 0.1) is 6.92 Å². The molecule has 0 atom stereocenters. The summed E-state index contributed by atoms with van der Waals surface area (Å²) in [4.78, 5) is 11.3. The number of aryl methyl sites for hydroxylation is 1. The normalized spacial score (nSPS) is 11.8. The van der Waals surface area contributed by atoms with Crippen molar-refractivity contribution < 1.29 is 18.3 Å². The van der Waals surface area contributed by atoms with Crippen LogP contribution in [0.2, 0.25) is 5.02 Å². The van der Waals surface area contributed by atoms with Crippen LogP contribution in [-0.4, -0.2) is 29.8 Å². The van der Waals surface area contributed by atoms with Gasteiger partial charge in [0.2, 0.25) is 0 Å². The summed E-state index contributed by atoms with van der Waals surface area (Å²) in [5.41, 5.74) is 4.97. The average molecular weight is 544 g/mol. The second kappa shape index (κ2) is 10.5. The molecule has 0 aliphatic heterocycles. The number of carbonyl (C=O) groups is 1. The van der Waals surface area contributed by atoms with E-state index in [1.54, 1.807) is 0 Å². The highest BCUT2D eigenvalue weighted by Crippen LogP contribution is 2.39. The van der Waals surface area contributed by atoms with Crippen LogP contribution >= 0.6 is 11.6 Å². The van der Waals surface area contributed by atoms with Crippen molar-refractivity contribution in [3.8, 4) is 0 Å². The number of sulfone groups is 1. The maximum atomic E-state index is 13.2. The highest BCUT2D eigenvalue weighted by atomic mass is 35.5. The second-order valence-corrected chi connectivity index (χ2v) is 11.7. The summed E-state index contributed by atoms with van der Waals surface area (Å²) in [5, 5.41) is 10.7. The highest BCUT2D eigenvalue weighted by molar-refractivity contribution is 7.91. The van der Waals surface area contributed by atoms with E-state index in [2.05, 4.69) is 28.8 Å². The van der Waals surface area contributed by atoms with Gasteiger partial charge < -0.3 is 9.67 Å². The van der Waals surface area contributed by atoms with Crippen molar-refractivity contribution >= 4 is 38.3 Å². The van der Waals surface area contributed by atoms with Crippen molar-refractivity contribution in [3.63, 3.8) is 0 Å². The summed E-state index contributed by atoms with van der Waals surface area (Å²) in [6.07, 6.45) is 0.287. The number of hydrogen-bond acceptors (Lipinski definition) is 3. The largest absolute Gasteiger partial charge is 0.478 e. The van der Waals surface area contributed by atoms with Gasteiger partial charge in [-0.3, -0.25) is 0 Å². The predicted octanol–water partition coefficient (Wildman–Crippen LogP) is 6.96. The fraction of sp³-hybridized carbons (Fsp3) is 0.129. The topological polar surface area (TPSA) is 76.4 Å². The summed E-state index contributed by atoms with van der Waals surface area (Å²) in [6.45, 7) is 2.01. The number of aromatic carboxylic acids is 1. The minimum absolute atomic E-state index is 0.0466. The molecule has 4 aromatic carbocycles. The van der Waals surface area contributed by atoms with Gasteiger partial charge in [0.15, 0.2) is 9.84 Å². The van der Waals surface area contributed by atoms with E-state index < -0.39 is 15.8 Å². The summed E-state index contributed by atoms with van der Waals surface area (Å²) in [6, 6.07) is 31.3. The molecule has 0 saturated carbocycles. The smallest absolute Gasteiger partial charge is 0.335 e. The van der Waals surface area contributed by atoms with Crippen LogP contribution < -0.4 is 0 Å². The van der Waals surface area contributed by atoms with Crippen molar-refractivity contribution in [1.29, 1.82) is 0 Å². The Bertz CT molecular complexity index is 1670. The van der Waals surface area contributed by atoms with Gasteiger partial charge in [-0.15, -0.1) is 0 Å². The van der Waals surface area contributed by atoms with Gasteiger partial charge in [0.1, 0.15) is 0 Å². The first-order chi connectivity index (χ1) is 18.3. The molecule has 5 rings (SSSR count). The Morgan fingerprint density at radius 1 is 0.842 bits per heavy atom. The molecular formula is C31H26ClNO4S. The van der Waals surface area contributed by atoms with E-state index >= 15 is 0 Å². The number of halogens is 1. The summed E-state index contributed by atoms with van der Waals surface area (Å²) >= 11 is 6.81. The standard InChI is InChI=1S/C31H26ClNO4S/c1-21-26(19-20-38(36,37)25-17-15-24(16-18-25)31(34)35)27-13-8-14-28(32)30(27)33(21)29(22-9-4-2-5-10-22)23-11-6-3-7-12-23/h2-18,29H,19-20H2,1H3,(H,34,35). The lowest BCUT2D eigenvalue weighted by atomic mass is 9.98. The molecule has 0 spiro atoms. The van der Waals surface area contributed by atoms with E-state index in [1.165, 1.54) is 24.3 Å². The molecule has 5 aromatic rings. The SMILES string of the molecule is Cc1c(CCS(=O)(=O)c2ccc(C(=O)O)cc2)c2cccc(Cl)c2n1C(c1ccccc1)c1ccccc1. The van der Waals surface area contributed by atoms with Gasteiger partial charge in [0, 0.05) is 11.1 Å². The minimum atomic E-state index is -3.65. The molecule has 0 amide bonds. The Morgan fingerprint density at radius 3 is 1.97 bits per heavy atom. The van der Waals surface area contributed by atoms with Crippen LogP contribution in [0.5, 0.6) is 0 Å². The van der Waals surface area contributed by atoms with Crippen LogP contribution in [0.1, 0.15) is 38.8 Å². The van der Waals surface area contributed by atoms with Gasteiger partial charge in [-0.1, -0.05) is 84.4 Å². The lowest BCUT2D eigenvalue weighted by molar-refractivity contribution is 0.0696. The van der Waals surface area contributed by atoms with Gasteiger partial charge >= 0.3 is 5.97 Å².